The Morgan fingerprint density at radius 2 is 1.86 bits per heavy atom. The van der Waals surface area contributed by atoms with E-state index >= 15 is 0 Å². The van der Waals surface area contributed by atoms with Crippen molar-refractivity contribution in [1.29, 1.82) is 5.26 Å². The van der Waals surface area contributed by atoms with E-state index in [0.29, 0.717) is 29.9 Å². The quantitative estimate of drug-likeness (QED) is 0.499. The van der Waals surface area contributed by atoms with Crippen molar-refractivity contribution in [2.75, 3.05) is 30.8 Å². The summed E-state index contributed by atoms with van der Waals surface area (Å²) in [5.41, 5.74) is 3.19. The number of piperazine rings is 1. The van der Waals surface area contributed by atoms with Crippen LogP contribution in [0.4, 0.5) is 5.82 Å². The molecule has 3 aromatic rings. The number of hydrogen-bond acceptors (Lipinski definition) is 8. The molecule has 2 aromatic heterocycles. The summed E-state index contributed by atoms with van der Waals surface area (Å²) in [6.45, 7) is 7.64. The minimum atomic E-state index is -3.37. The smallest absolute Gasteiger partial charge is 0.349 e. The number of aryl methyl sites for hydroxylation is 2. The fourth-order valence-electron chi connectivity index (χ4n) is 5.02. The first-order valence-corrected chi connectivity index (χ1v) is 14.2. The molecule has 0 aliphatic carbocycles. The number of anilines is 1. The van der Waals surface area contributed by atoms with Gasteiger partial charge in [0, 0.05) is 44.8 Å². The van der Waals surface area contributed by atoms with Gasteiger partial charge in [-0.15, -0.1) is 0 Å². The predicted octanol–water partition coefficient (Wildman–Crippen LogP) is 2.09. The molecule has 1 saturated heterocycles. The van der Waals surface area contributed by atoms with Crippen LogP contribution in [-0.4, -0.2) is 65.8 Å². The molecule has 1 unspecified atom stereocenters. The Balaban J connectivity index is 1.74. The molecular formula is C26H33N7O3S. The number of nitrogens with one attached hydrogen (secondary N) is 1. The van der Waals surface area contributed by atoms with Crippen molar-refractivity contribution in [2.45, 2.75) is 45.3 Å². The van der Waals surface area contributed by atoms with Crippen LogP contribution in [0.2, 0.25) is 0 Å². The van der Waals surface area contributed by atoms with E-state index in [4.69, 9.17) is 0 Å². The zero-order valence-corrected chi connectivity index (χ0v) is 22.7. The zero-order valence-electron chi connectivity index (χ0n) is 21.8. The maximum absolute atomic E-state index is 12.7. The number of fused-ring (bicyclic) bond motifs is 1. The molecule has 3 heterocycles. The second kappa shape index (κ2) is 10.6. The van der Waals surface area contributed by atoms with Crippen LogP contribution in [0.3, 0.4) is 0 Å². The van der Waals surface area contributed by atoms with Crippen molar-refractivity contribution in [1.82, 2.24) is 24.2 Å². The third kappa shape index (κ3) is 5.66. The zero-order chi connectivity index (χ0) is 26.9. The lowest BCUT2D eigenvalue weighted by Crippen LogP contribution is -2.59. The Morgan fingerprint density at radius 1 is 1.16 bits per heavy atom. The highest BCUT2D eigenvalue weighted by Gasteiger charge is 2.37. The van der Waals surface area contributed by atoms with Crippen LogP contribution in [0.25, 0.3) is 11.0 Å². The van der Waals surface area contributed by atoms with Gasteiger partial charge in [0.15, 0.2) is 5.82 Å². The van der Waals surface area contributed by atoms with Gasteiger partial charge >= 0.3 is 5.69 Å². The molecule has 196 valence electrons. The lowest BCUT2D eigenvalue weighted by atomic mass is 9.97. The van der Waals surface area contributed by atoms with E-state index in [0.717, 1.165) is 17.5 Å². The molecule has 1 aliphatic rings. The molecule has 0 radical (unpaired) electrons. The van der Waals surface area contributed by atoms with Gasteiger partial charge in [0.05, 0.1) is 11.8 Å². The third-order valence-electron chi connectivity index (χ3n) is 7.08. The molecule has 10 nitrogen and oxygen atoms in total. The average molecular weight is 524 g/mol. The van der Waals surface area contributed by atoms with Gasteiger partial charge in [0.25, 0.3) is 0 Å². The van der Waals surface area contributed by atoms with E-state index in [2.05, 4.69) is 56.5 Å². The van der Waals surface area contributed by atoms with Gasteiger partial charge in [-0.2, -0.15) is 10.2 Å². The van der Waals surface area contributed by atoms with E-state index in [1.165, 1.54) is 10.8 Å². The fourth-order valence-corrected chi connectivity index (χ4v) is 5.48. The lowest BCUT2D eigenvalue weighted by Gasteiger charge is -2.49. The number of nitriles is 1. The second-order valence-corrected chi connectivity index (χ2v) is 11.6. The number of sulfonamides is 1. The van der Waals surface area contributed by atoms with Gasteiger partial charge in [-0.05, 0) is 38.0 Å². The number of pyridine rings is 1. The van der Waals surface area contributed by atoms with Gasteiger partial charge < -0.3 is 4.90 Å². The maximum atomic E-state index is 12.7. The summed E-state index contributed by atoms with van der Waals surface area (Å²) in [7, 11) is -1.73. The summed E-state index contributed by atoms with van der Waals surface area (Å²) >= 11 is 0. The molecule has 4 rings (SSSR count). The van der Waals surface area contributed by atoms with Crippen LogP contribution in [0.15, 0.2) is 41.2 Å². The summed E-state index contributed by atoms with van der Waals surface area (Å²) < 4.78 is 28.1. The number of nitrogens with zero attached hydrogens (tertiary/aromatic N) is 6. The summed E-state index contributed by atoms with van der Waals surface area (Å²) in [5, 5.41) is 9.41. The molecule has 0 amide bonds. The largest absolute Gasteiger partial charge is 0.349 e. The Bertz CT molecular complexity index is 1500. The Morgan fingerprint density at radius 3 is 2.49 bits per heavy atom. The van der Waals surface area contributed by atoms with E-state index in [1.807, 2.05) is 19.1 Å². The van der Waals surface area contributed by atoms with Crippen molar-refractivity contribution in [3.63, 3.8) is 0 Å². The highest BCUT2D eigenvalue weighted by molar-refractivity contribution is 7.88. The van der Waals surface area contributed by atoms with Crippen molar-refractivity contribution in [3.05, 3.63) is 63.7 Å². The van der Waals surface area contributed by atoms with Crippen molar-refractivity contribution >= 4 is 26.9 Å². The molecule has 1 fully saturated rings. The monoisotopic (exact) mass is 523 g/mol. The molecule has 11 heteroatoms. The van der Waals surface area contributed by atoms with Gasteiger partial charge in [0.1, 0.15) is 17.3 Å². The minimum absolute atomic E-state index is 0.0515. The van der Waals surface area contributed by atoms with Crippen molar-refractivity contribution in [3.8, 4) is 6.07 Å². The van der Waals surface area contributed by atoms with Crippen molar-refractivity contribution < 1.29 is 8.42 Å². The normalized spacial score (nSPS) is 19.6. The van der Waals surface area contributed by atoms with Crippen LogP contribution < -0.4 is 15.3 Å². The number of hydrogen-bond donors (Lipinski definition) is 1. The highest BCUT2D eigenvalue weighted by atomic mass is 32.2. The topological polar surface area (TPSA) is 124 Å². The van der Waals surface area contributed by atoms with Gasteiger partial charge in [-0.3, -0.25) is 9.47 Å². The summed E-state index contributed by atoms with van der Waals surface area (Å²) in [5.74, 6) is 0.474. The molecule has 1 aliphatic heterocycles. The Hall–Kier alpha value is -3.33. The second-order valence-electron chi connectivity index (χ2n) is 9.76. The first-order chi connectivity index (χ1) is 17.5. The molecule has 3 atom stereocenters. The first kappa shape index (κ1) is 26.7. The van der Waals surface area contributed by atoms with E-state index in [-0.39, 0.29) is 36.1 Å². The van der Waals surface area contributed by atoms with E-state index < -0.39 is 10.0 Å². The third-order valence-corrected chi connectivity index (χ3v) is 7.77. The van der Waals surface area contributed by atoms with Gasteiger partial charge in [0.2, 0.25) is 10.0 Å². The fraction of sp³-hybridized carbons (Fsp3) is 0.462. The van der Waals surface area contributed by atoms with Crippen molar-refractivity contribution in [2.24, 2.45) is 7.05 Å². The van der Waals surface area contributed by atoms with Crippen LogP contribution in [0.5, 0.6) is 0 Å². The van der Waals surface area contributed by atoms with E-state index in [9.17, 15) is 18.5 Å². The Kier molecular flexibility index (Phi) is 7.64. The van der Waals surface area contributed by atoms with Crippen LogP contribution in [-0.2, 0) is 17.1 Å². The van der Waals surface area contributed by atoms with Gasteiger partial charge in [-0.1, -0.05) is 36.8 Å². The first-order valence-electron chi connectivity index (χ1n) is 12.3. The minimum Gasteiger partial charge on any atom is -0.349 e. The summed E-state index contributed by atoms with van der Waals surface area (Å²) in [6.07, 6.45) is 1.98. The predicted molar refractivity (Wildman–Crippen MR) is 144 cm³/mol. The molecule has 0 bridgehead atoms. The maximum Gasteiger partial charge on any atom is 0.349 e. The summed E-state index contributed by atoms with van der Waals surface area (Å²) in [4.78, 5) is 26.1. The highest BCUT2D eigenvalue weighted by Crippen LogP contribution is 2.32. The Labute approximate surface area is 217 Å². The lowest BCUT2D eigenvalue weighted by molar-refractivity contribution is 0.0983. The van der Waals surface area contributed by atoms with E-state index in [1.54, 1.807) is 19.2 Å². The number of aromatic nitrogens is 3. The molecule has 0 spiro atoms. The van der Waals surface area contributed by atoms with Gasteiger partial charge in [-0.25, -0.2) is 22.9 Å². The molecule has 0 saturated carbocycles. The number of benzene rings is 1. The van der Waals surface area contributed by atoms with Crippen LogP contribution in [0.1, 0.15) is 43.1 Å². The molecule has 37 heavy (non-hydrogen) atoms. The molecule has 1 aromatic carbocycles. The van der Waals surface area contributed by atoms with Crippen LogP contribution in [0, 0.1) is 18.3 Å². The average Bonchev–Trinajstić information content (AvgIpc) is 2.86. The SMILES string of the molecule is CC[C@@H]1CN(c2nc(=O)n(C)c3ccc(C#N)nc23)[C@@H](C)CN1C(CNS(C)(=O)=O)c1ccc(C)cc1. The summed E-state index contributed by atoms with van der Waals surface area (Å²) in [6, 6.07) is 13.4. The number of rotatable bonds is 7. The van der Waals surface area contributed by atoms with Crippen LogP contribution >= 0.6 is 0 Å². The standard InChI is InChI=1S/C26H33N7O3S/c1-6-21-16-32(25-24-22(31(4)26(34)30-25)12-11-20(13-27)29-24)18(3)15-33(21)23(14-28-37(5,35)36)19-9-7-17(2)8-10-19/h7-12,18,21,23,28H,6,14-16H2,1-5H3/t18-,21+,23?/m0/s1. The molecular weight excluding hydrogens is 490 g/mol. The molecule has 1 N–H and O–H groups in total.